The number of aryl methyl sites for hydroxylation is 1. The van der Waals surface area contributed by atoms with Crippen LogP contribution in [-0.4, -0.2) is 61.1 Å². The molecule has 2 aliphatic rings. The van der Waals surface area contributed by atoms with E-state index in [9.17, 15) is 9.59 Å². The zero-order valence-electron chi connectivity index (χ0n) is 16.5. The van der Waals surface area contributed by atoms with Crippen LogP contribution in [0.1, 0.15) is 5.69 Å². The molecule has 0 radical (unpaired) electrons. The third-order valence-corrected chi connectivity index (χ3v) is 6.28. The number of hydrogen-bond donors (Lipinski definition) is 2. The lowest BCUT2D eigenvalue weighted by atomic mass is 9.84. The van der Waals surface area contributed by atoms with Gasteiger partial charge in [0, 0.05) is 32.1 Å². The average Bonchev–Trinajstić information content (AvgIpc) is 3.29. The van der Waals surface area contributed by atoms with E-state index in [0.29, 0.717) is 31.4 Å². The maximum Gasteiger partial charge on any atom is 0.247 e. The van der Waals surface area contributed by atoms with Crippen molar-refractivity contribution in [3.05, 3.63) is 41.4 Å². The smallest absolute Gasteiger partial charge is 0.247 e. The standard InChI is InChI=1S/C20H25N5O3S/c1-13-12-29-20(21-13)22-18(26)15-10-24(8-9-28-2)11-16-17(15)23-25(19(16)27)14-6-4-3-5-7-14/h3-7,12,15-17,23H,8-11H2,1-2H3,(H,21,22,26). The SMILES string of the molecule is COCCN1CC(C(=O)Nc2nc(C)cs2)C2NN(c3ccccc3)C(=O)C2C1. The molecule has 29 heavy (non-hydrogen) atoms. The first-order valence-electron chi connectivity index (χ1n) is 9.66. The first-order valence-corrected chi connectivity index (χ1v) is 10.5. The number of likely N-dealkylation sites (tertiary alicyclic amines) is 1. The lowest BCUT2D eigenvalue weighted by Gasteiger charge is -2.38. The number of benzene rings is 1. The van der Waals surface area contributed by atoms with Gasteiger partial charge in [-0.05, 0) is 19.1 Å². The Hall–Kier alpha value is -2.33. The van der Waals surface area contributed by atoms with Crippen LogP contribution in [-0.2, 0) is 14.3 Å². The number of carbonyl (C=O) groups excluding carboxylic acids is 2. The Bertz CT molecular complexity index is 874. The van der Waals surface area contributed by atoms with Gasteiger partial charge in [-0.1, -0.05) is 18.2 Å². The van der Waals surface area contributed by atoms with E-state index in [4.69, 9.17) is 4.74 Å². The van der Waals surface area contributed by atoms with Gasteiger partial charge < -0.3 is 10.1 Å². The molecule has 154 valence electrons. The predicted molar refractivity (Wildman–Crippen MR) is 112 cm³/mol. The molecule has 2 saturated heterocycles. The number of nitrogens with zero attached hydrogens (tertiary/aromatic N) is 3. The average molecular weight is 416 g/mol. The van der Waals surface area contributed by atoms with Crippen LogP contribution in [0.5, 0.6) is 0 Å². The Kier molecular flexibility index (Phi) is 5.91. The molecule has 2 aromatic rings. The molecule has 3 atom stereocenters. The van der Waals surface area contributed by atoms with Gasteiger partial charge >= 0.3 is 0 Å². The van der Waals surface area contributed by atoms with Crippen molar-refractivity contribution in [2.75, 3.05) is 43.7 Å². The summed E-state index contributed by atoms with van der Waals surface area (Å²) in [6, 6.07) is 9.22. The number of nitrogens with one attached hydrogen (secondary N) is 2. The maximum absolute atomic E-state index is 13.2. The summed E-state index contributed by atoms with van der Waals surface area (Å²) in [7, 11) is 1.65. The highest BCUT2D eigenvalue weighted by Gasteiger charge is 2.50. The fourth-order valence-corrected chi connectivity index (χ4v) is 4.66. The van der Waals surface area contributed by atoms with Gasteiger partial charge in [0.25, 0.3) is 0 Å². The highest BCUT2D eigenvalue weighted by molar-refractivity contribution is 7.13. The first kappa shape index (κ1) is 20.0. The Morgan fingerprint density at radius 2 is 2.14 bits per heavy atom. The lowest BCUT2D eigenvalue weighted by Crippen LogP contribution is -2.56. The maximum atomic E-state index is 13.2. The molecule has 0 aliphatic carbocycles. The molecule has 0 spiro atoms. The molecular weight excluding hydrogens is 390 g/mol. The Morgan fingerprint density at radius 3 is 2.83 bits per heavy atom. The monoisotopic (exact) mass is 415 g/mol. The third-order valence-electron chi connectivity index (χ3n) is 5.40. The fraction of sp³-hybridized carbons (Fsp3) is 0.450. The summed E-state index contributed by atoms with van der Waals surface area (Å²) in [5, 5.41) is 7.01. The van der Waals surface area contributed by atoms with E-state index in [2.05, 4.69) is 20.6 Å². The minimum absolute atomic E-state index is 0.00814. The highest BCUT2D eigenvalue weighted by Crippen LogP contribution is 2.32. The van der Waals surface area contributed by atoms with Crippen LogP contribution in [0.15, 0.2) is 35.7 Å². The molecule has 2 aliphatic heterocycles. The number of piperidine rings is 1. The Labute approximate surface area is 173 Å². The largest absolute Gasteiger partial charge is 0.383 e. The minimum Gasteiger partial charge on any atom is -0.383 e. The summed E-state index contributed by atoms with van der Waals surface area (Å²) in [5.74, 6) is -0.806. The van der Waals surface area contributed by atoms with Crippen LogP contribution in [0.25, 0.3) is 0 Å². The molecule has 8 nitrogen and oxygen atoms in total. The van der Waals surface area contributed by atoms with Crippen molar-refractivity contribution in [3.63, 3.8) is 0 Å². The van der Waals surface area contributed by atoms with Crippen molar-refractivity contribution in [1.29, 1.82) is 0 Å². The summed E-state index contributed by atoms with van der Waals surface area (Å²) >= 11 is 1.41. The van der Waals surface area contributed by atoms with Crippen LogP contribution in [0.3, 0.4) is 0 Å². The fourth-order valence-electron chi connectivity index (χ4n) is 3.97. The van der Waals surface area contributed by atoms with Crippen molar-refractivity contribution in [2.24, 2.45) is 11.8 Å². The third kappa shape index (κ3) is 4.18. The summed E-state index contributed by atoms with van der Waals surface area (Å²) in [6.45, 7) is 4.29. The molecule has 9 heteroatoms. The van der Waals surface area contributed by atoms with Gasteiger partial charge in [0.2, 0.25) is 11.8 Å². The van der Waals surface area contributed by atoms with Crippen molar-refractivity contribution >= 4 is 34.0 Å². The van der Waals surface area contributed by atoms with Crippen molar-refractivity contribution < 1.29 is 14.3 Å². The number of para-hydroxylation sites is 1. The Morgan fingerprint density at radius 1 is 1.34 bits per heavy atom. The summed E-state index contributed by atoms with van der Waals surface area (Å²) in [4.78, 5) is 32.7. The topological polar surface area (TPSA) is 86.8 Å². The minimum atomic E-state index is -0.382. The van der Waals surface area contributed by atoms with Crippen LogP contribution in [0.2, 0.25) is 0 Å². The van der Waals surface area contributed by atoms with E-state index in [-0.39, 0.29) is 29.7 Å². The van der Waals surface area contributed by atoms with Gasteiger partial charge in [0.05, 0.1) is 35.9 Å². The number of anilines is 2. The first-order chi connectivity index (χ1) is 14.1. The Balaban J connectivity index is 1.56. The molecule has 2 N–H and O–H groups in total. The number of ether oxygens (including phenoxy) is 1. The van der Waals surface area contributed by atoms with Crippen LogP contribution < -0.4 is 15.8 Å². The quantitative estimate of drug-likeness (QED) is 0.744. The predicted octanol–water partition coefficient (Wildman–Crippen LogP) is 1.50. The van der Waals surface area contributed by atoms with Gasteiger partial charge in [-0.15, -0.1) is 11.3 Å². The van der Waals surface area contributed by atoms with Crippen molar-refractivity contribution in [3.8, 4) is 0 Å². The normalized spacial score (nSPS) is 24.6. The van der Waals surface area contributed by atoms with Gasteiger partial charge in [-0.2, -0.15) is 0 Å². The molecule has 1 aromatic carbocycles. The number of amides is 2. The lowest BCUT2D eigenvalue weighted by molar-refractivity contribution is -0.126. The van der Waals surface area contributed by atoms with Gasteiger partial charge in [-0.3, -0.25) is 14.5 Å². The second kappa shape index (κ2) is 8.58. The second-order valence-electron chi connectivity index (χ2n) is 7.41. The highest BCUT2D eigenvalue weighted by atomic mass is 32.1. The van der Waals surface area contributed by atoms with Crippen LogP contribution in [0, 0.1) is 18.8 Å². The van der Waals surface area contributed by atoms with Gasteiger partial charge in [0.15, 0.2) is 5.13 Å². The molecule has 0 saturated carbocycles. The molecule has 2 amide bonds. The molecule has 4 rings (SSSR count). The van der Waals surface area contributed by atoms with Gasteiger partial charge in [0.1, 0.15) is 0 Å². The van der Waals surface area contributed by atoms with E-state index in [1.807, 2.05) is 42.6 Å². The molecule has 2 fully saturated rings. The second-order valence-corrected chi connectivity index (χ2v) is 8.27. The zero-order chi connectivity index (χ0) is 20.4. The number of thiazole rings is 1. The van der Waals surface area contributed by atoms with E-state index < -0.39 is 0 Å². The molecular formula is C20H25N5O3S. The summed E-state index contributed by atoms with van der Waals surface area (Å²) < 4.78 is 5.21. The van der Waals surface area contributed by atoms with Crippen LogP contribution in [0.4, 0.5) is 10.8 Å². The number of carbonyl (C=O) groups is 2. The molecule has 0 bridgehead atoms. The molecule has 3 unspecified atom stereocenters. The van der Waals surface area contributed by atoms with E-state index in [0.717, 1.165) is 11.4 Å². The van der Waals surface area contributed by atoms with E-state index >= 15 is 0 Å². The number of fused-ring (bicyclic) bond motifs is 1. The number of hydrazine groups is 1. The number of hydrogen-bond acceptors (Lipinski definition) is 7. The zero-order valence-corrected chi connectivity index (χ0v) is 17.3. The number of rotatable bonds is 6. The number of aromatic nitrogens is 1. The van der Waals surface area contributed by atoms with Crippen molar-refractivity contribution in [2.45, 2.75) is 13.0 Å². The molecule has 1 aromatic heterocycles. The van der Waals surface area contributed by atoms with Crippen molar-refractivity contribution in [1.82, 2.24) is 15.3 Å². The summed E-state index contributed by atoms with van der Waals surface area (Å²) in [6.07, 6.45) is 0. The number of methoxy groups -OCH3 is 1. The van der Waals surface area contributed by atoms with E-state index in [1.165, 1.54) is 11.3 Å². The summed E-state index contributed by atoms with van der Waals surface area (Å²) in [5.41, 5.74) is 4.96. The molecule has 3 heterocycles. The van der Waals surface area contributed by atoms with Gasteiger partial charge in [-0.25, -0.2) is 15.4 Å². The van der Waals surface area contributed by atoms with E-state index in [1.54, 1.807) is 12.1 Å². The van der Waals surface area contributed by atoms with Crippen LogP contribution >= 0.6 is 11.3 Å².